The summed E-state index contributed by atoms with van der Waals surface area (Å²) in [7, 11) is 0. The van der Waals surface area contributed by atoms with Crippen molar-refractivity contribution >= 4 is 22.9 Å². The number of carbonyl (C=O) groups excluding carboxylic acids is 1. The molecule has 2 aliphatic heterocycles. The number of hydrogen-bond donors (Lipinski definition) is 1. The molecule has 2 aromatic rings. The molecule has 2 aliphatic rings. The van der Waals surface area contributed by atoms with Crippen LogP contribution in [0.15, 0.2) is 29.6 Å². The van der Waals surface area contributed by atoms with E-state index >= 15 is 0 Å². The normalized spacial score (nSPS) is 23.0. The van der Waals surface area contributed by atoms with Crippen LogP contribution in [-0.4, -0.2) is 35.0 Å². The first-order valence-electron chi connectivity index (χ1n) is 8.87. The third-order valence-electron chi connectivity index (χ3n) is 4.76. The lowest BCUT2D eigenvalue weighted by Crippen LogP contribution is -2.46. The van der Waals surface area contributed by atoms with Gasteiger partial charge in [-0.15, -0.1) is 11.3 Å². The van der Waals surface area contributed by atoms with Gasteiger partial charge in [0.1, 0.15) is 6.17 Å². The molecular formula is C19H23N3O2S. The van der Waals surface area contributed by atoms with Crippen LogP contribution in [-0.2, 0) is 4.74 Å². The third-order valence-corrected chi connectivity index (χ3v) is 5.92. The lowest BCUT2D eigenvalue weighted by molar-refractivity contribution is 0.0423. The molecule has 6 heteroatoms. The van der Waals surface area contributed by atoms with E-state index < -0.39 is 0 Å². The largest absolute Gasteiger partial charge is 0.376 e. The molecule has 0 saturated carbocycles. The van der Waals surface area contributed by atoms with Gasteiger partial charge >= 0.3 is 0 Å². The van der Waals surface area contributed by atoms with Gasteiger partial charge in [-0.2, -0.15) is 0 Å². The van der Waals surface area contributed by atoms with Crippen LogP contribution in [0.1, 0.15) is 59.8 Å². The number of thiazole rings is 1. The summed E-state index contributed by atoms with van der Waals surface area (Å²) in [5, 5.41) is 6.68. The molecule has 0 aliphatic carbocycles. The molecule has 5 nitrogen and oxygen atoms in total. The molecule has 0 unspecified atom stereocenters. The second-order valence-electron chi connectivity index (χ2n) is 6.95. The molecule has 25 heavy (non-hydrogen) atoms. The fraction of sp³-hybridized carbons (Fsp3) is 0.474. The first kappa shape index (κ1) is 16.5. The molecule has 0 radical (unpaired) electrons. The van der Waals surface area contributed by atoms with E-state index in [0.29, 0.717) is 12.5 Å². The highest BCUT2D eigenvalue weighted by Crippen LogP contribution is 2.35. The molecule has 2 atom stereocenters. The van der Waals surface area contributed by atoms with Crippen molar-refractivity contribution < 1.29 is 9.53 Å². The van der Waals surface area contributed by atoms with E-state index in [4.69, 9.17) is 9.72 Å². The third kappa shape index (κ3) is 3.16. The van der Waals surface area contributed by atoms with E-state index in [1.165, 1.54) is 0 Å². The Labute approximate surface area is 152 Å². The van der Waals surface area contributed by atoms with Crippen LogP contribution in [0.5, 0.6) is 0 Å². The zero-order chi connectivity index (χ0) is 17.4. The number of para-hydroxylation sites is 1. The summed E-state index contributed by atoms with van der Waals surface area (Å²) >= 11 is 1.66. The fourth-order valence-corrected chi connectivity index (χ4v) is 4.27. The highest BCUT2D eigenvalue weighted by atomic mass is 32.1. The standard InChI is InChI=1S/C19H23N3O2S/c1-12(2)18-21-16(11-25-18)17-20-15-8-4-3-7-14(15)19(23)22(17)10-13-6-5-9-24-13/h3-4,7-8,11-13,17,20H,5-6,9-10H2,1-2H3/t13-,17+/m1/s1. The summed E-state index contributed by atoms with van der Waals surface area (Å²) in [6.07, 6.45) is 1.94. The number of aromatic nitrogens is 1. The lowest BCUT2D eigenvalue weighted by Gasteiger charge is -2.38. The van der Waals surface area contributed by atoms with Crippen LogP contribution in [0.25, 0.3) is 0 Å². The quantitative estimate of drug-likeness (QED) is 0.898. The molecule has 1 aromatic carbocycles. The van der Waals surface area contributed by atoms with Gasteiger partial charge in [0.2, 0.25) is 0 Å². The molecule has 1 saturated heterocycles. The van der Waals surface area contributed by atoms with Crippen LogP contribution in [0, 0.1) is 0 Å². The van der Waals surface area contributed by atoms with Crippen molar-refractivity contribution in [1.82, 2.24) is 9.88 Å². The van der Waals surface area contributed by atoms with Crippen LogP contribution >= 0.6 is 11.3 Å². The molecule has 3 heterocycles. The molecule has 1 aromatic heterocycles. The Bertz CT molecular complexity index is 768. The Morgan fingerprint density at radius 1 is 1.40 bits per heavy atom. The van der Waals surface area contributed by atoms with Crippen LogP contribution in [0.3, 0.4) is 0 Å². The molecule has 0 bridgehead atoms. The maximum absolute atomic E-state index is 13.1. The van der Waals surface area contributed by atoms with Gasteiger partial charge in [-0.05, 0) is 25.0 Å². The molecule has 4 rings (SSSR count). The van der Waals surface area contributed by atoms with Crippen molar-refractivity contribution in [2.75, 3.05) is 18.5 Å². The maximum atomic E-state index is 13.1. The van der Waals surface area contributed by atoms with Gasteiger partial charge in [-0.1, -0.05) is 26.0 Å². The number of anilines is 1. The number of fused-ring (bicyclic) bond motifs is 1. The number of carbonyl (C=O) groups is 1. The minimum atomic E-state index is -0.240. The highest BCUT2D eigenvalue weighted by Gasteiger charge is 2.36. The number of nitrogens with one attached hydrogen (secondary N) is 1. The topological polar surface area (TPSA) is 54.5 Å². The van der Waals surface area contributed by atoms with Gasteiger partial charge < -0.3 is 15.0 Å². The van der Waals surface area contributed by atoms with Crippen LogP contribution in [0.4, 0.5) is 5.69 Å². The van der Waals surface area contributed by atoms with Crippen molar-refractivity contribution in [3.8, 4) is 0 Å². The van der Waals surface area contributed by atoms with Crippen molar-refractivity contribution in [3.05, 3.63) is 45.9 Å². The number of benzene rings is 1. The van der Waals surface area contributed by atoms with E-state index in [2.05, 4.69) is 24.5 Å². The first-order chi connectivity index (χ1) is 12.1. The highest BCUT2D eigenvalue weighted by molar-refractivity contribution is 7.09. The minimum Gasteiger partial charge on any atom is -0.376 e. The van der Waals surface area contributed by atoms with Crippen molar-refractivity contribution in [1.29, 1.82) is 0 Å². The van der Waals surface area contributed by atoms with Gasteiger partial charge in [-0.25, -0.2) is 4.98 Å². The van der Waals surface area contributed by atoms with Crippen molar-refractivity contribution in [2.24, 2.45) is 0 Å². The van der Waals surface area contributed by atoms with E-state index in [0.717, 1.165) is 41.4 Å². The Morgan fingerprint density at radius 3 is 2.96 bits per heavy atom. The summed E-state index contributed by atoms with van der Waals surface area (Å²) in [6, 6.07) is 7.69. The van der Waals surface area contributed by atoms with Crippen LogP contribution < -0.4 is 5.32 Å². The van der Waals surface area contributed by atoms with Gasteiger partial charge in [0.15, 0.2) is 0 Å². The number of ether oxygens (including phenoxy) is 1. The zero-order valence-electron chi connectivity index (χ0n) is 14.6. The minimum absolute atomic E-state index is 0.0500. The van der Waals surface area contributed by atoms with Gasteiger partial charge in [-0.3, -0.25) is 4.79 Å². The molecule has 1 amide bonds. The molecule has 132 valence electrons. The first-order valence-corrected chi connectivity index (χ1v) is 9.75. The number of rotatable bonds is 4. The van der Waals surface area contributed by atoms with E-state index in [1.807, 2.05) is 29.2 Å². The SMILES string of the molecule is CC(C)c1nc([C@H]2Nc3ccccc3C(=O)N2C[C@H]2CCCO2)cs1. The maximum Gasteiger partial charge on any atom is 0.257 e. The average Bonchev–Trinajstić information content (AvgIpc) is 3.29. The van der Waals surface area contributed by atoms with Crippen molar-refractivity contribution in [2.45, 2.75) is 44.9 Å². The second-order valence-corrected chi connectivity index (χ2v) is 7.84. The Morgan fingerprint density at radius 2 is 2.24 bits per heavy atom. The summed E-state index contributed by atoms with van der Waals surface area (Å²) in [6.45, 7) is 5.66. The predicted octanol–water partition coefficient (Wildman–Crippen LogP) is 4.01. The van der Waals surface area contributed by atoms with Crippen molar-refractivity contribution in [3.63, 3.8) is 0 Å². The number of nitrogens with zero attached hydrogens (tertiary/aromatic N) is 2. The summed E-state index contributed by atoms with van der Waals surface area (Å²) in [5.74, 6) is 0.436. The number of amides is 1. The monoisotopic (exact) mass is 357 g/mol. The number of hydrogen-bond acceptors (Lipinski definition) is 5. The Balaban J connectivity index is 1.68. The van der Waals surface area contributed by atoms with Crippen LogP contribution in [0.2, 0.25) is 0 Å². The van der Waals surface area contributed by atoms with Gasteiger partial charge in [0.05, 0.1) is 22.4 Å². The smallest absolute Gasteiger partial charge is 0.257 e. The summed E-state index contributed by atoms with van der Waals surface area (Å²) in [4.78, 5) is 19.8. The molecular weight excluding hydrogens is 334 g/mol. The van der Waals surface area contributed by atoms with E-state index in [1.54, 1.807) is 11.3 Å². The van der Waals surface area contributed by atoms with E-state index in [9.17, 15) is 4.79 Å². The summed E-state index contributed by atoms with van der Waals surface area (Å²) < 4.78 is 5.78. The zero-order valence-corrected chi connectivity index (χ0v) is 15.4. The Hall–Kier alpha value is -1.92. The van der Waals surface area contributed by atoms with Gasteiger partial charge in [0, 0.05) is 30.1 Å². The van der Waals surface area contributed by atoms with E-state index in [-0.39, 0.29) is 18.2 Å². The average molecular weight is 357 g/mol. The molecule has 0 spiro atoms. The predicted molar refractivity (Wildman–Crippen MR) is 99.0 cm³/mol. The summed E-state index contributed by atoms with van der Waals surface area (Å²) in [5.41, 5.74) is 2.51. The fourth-order valence-electron chi connectivity index (χ4n) is 3.41. The lowest BCUT2D eigenvalue weighted by atomic mass is 10.1. The Kier molecular flexibility index (Phi) is 4.48. The molecule has 1 N–H and O–H groups in total. The second kappa shape index (κ2) is 6.77. The molecule has 1 fully saturated rings. The van der Waals surface area contributed by atoms with Gasteiger partial charge in [0.25, 0.3) is 5.91 Å².